The van der Waals surface area contributed by atoms with Crippen LogP contribution in [0.2, 0.25) is 0 Å². The van der Waals surface area contributed by atoms with Gasteiger partial charge in [-0.3, -0.25) is 0 Å². The van der Waals surface area contributed by atoms with Gasteiger partial charge in [0.2, 0.25) is 0 Å². The van der Waals surface area contributed by atoms with Gasteiger partial charge >= 0.3 is 0 Å². The molecule has 0 fully saturated rings. The van der Waals surface area contributed by atoms with Crippen molar-refractivity contribution in [3.63, 3.8) is 0 Å². The van der Waals surface area contributed by atoms with Gasteiger partial charge in [0.15, 0.2) is 5.58 Å². The first-order valence-electron chi connectivity index (χ1n) is 49.5. The first-order valence-corrected chi connectivity index (χ1v) is 51.9. The number of para-hydroxylation sites is 3. The van der Waals surface area contributed by atoms with Crippen LogP contribution in [0.5, 0.6) is 0 Å². The summed E-state index contributed by atoms with van der Waals surface area (Å²) >= 11 is 5.75. The van der Waals surface area contributed by atoms with Crippen molar-refractivity contribution in [2.24, 2.45) is 0 Å². The number of thiophene rings is 3. The highest BCUT2D eigenvalue weighted by molar-refractivity contribution is 7.28. The van der Waals surface area contributed by atoms with Gasteiger partial charge in [-0.15, -0.1) is 34.0 Å². The van der Waals surface area contributed by atoms with Crippen molar-refractivity contribution in [3.05, 3.63) is 485 Å². The maximum atomic E-state index is 16.1. The van der Waals surface area contributed by atoms with Crippen LogP contribution in [-0.2, 0) is 0 Å². The molecule has 0 aliphatic carbocycles. The molecule has 0 saturated carbocycles. The molecule has 674 valence electrons. The molecule has 0 amide bonds. The molecule has 0 atom stereocenters. The molecule has 26 aromatic carbocycles. The number of halogens is 1. The first kappa shape index (κ1) is 81.7. The maximum absolute atomic E-state index is 16.1. The number of aromatic nitrogens is 4. The van der Waals surface area contributed by atoms with E-state index in [1.54, 1.807) is 6.07 Å². The van der Waals surface area contributed by atoms with Gasteiger partial charge in [0.25, 0.3) is 0 Å². The van der Waals surface area contributed by atoms with Crippen molar-refractivity contribution in [3.8, 4) is 22.7 Å². The number of rotatable bonds is 4. The second-order valence-electron chi connectivity index (χ2n) is 38.2. The number of hydrogen-bond acceptors (Lipinski definition) is 4. The Bertz CT molecular complexity index is 11600. The molecule has 5 nitrogen and oxygen atoms in total. The van der Waals surface area contributed by atoms with E-state index in [0.29, 0.717) is 5.39 Å². The summed E-state index contributed by atoms with van der Waals surface area (Å²) in [5.41, 5.74) is 15.7. The van der Waals surface area contributed by atoms with Gasteiger partial charge in [0.05, 0.1) is 63.9 Å². The molecule has 0 unspecified atom stereocenters. The lowest BCUT2D eigenvalue weighted by atomic mass is 9.98. The zero-order valence-corrected chi connectivity index (χ0v) is 80.4. The van der Waals surface area contributed by atoms with Crippen LogP contribution in [0, 0.1) is 5.82 Å². The van der Waals surface area contributed by atoms with Gasteiger partial charge in [0.1, 0.15) is 11.4 Å². The highest BCUT2D eigenvalue weighted by atomic mass is 32.1. The van der Waals surface area contributed by atoms with Crippen LogP contribution in [0.4, 0.5) is 4.39 Å². The number of fused-ring (bicyclic) bond motifs is 50. The summed E-state index contributed by atoms with van der Waals surface area (Å²) in [6.45, 7) is 0. The molecule has 8 heterocycles. The Hall–Kier alpha value is -18.1. The molecule has 34 aromatic rings. The topological polar surface area (TPSA) is 32.9 Å². The van der Waals surface area contributed by atoms with Crippen LogP contribution < -0.4 is 0 Å². The van der Waals surface area contributed by atoms with E-state index in [2.05, 4.69) is 425 Å². The monoisotopic (exact) mass is 1900 g/mol. The summed E-state index contributed by atoms with van der Waals surface area (Å²) < 4.78 is 40.5. The second-order valence-corrected chi connectivity index (χ2v) is 41.3. The van der Waals surface area contributed by atoms with Crippen molar-refractivity contribution in [2.75, 3.05) is 0 Å². The predicted molar refractivity (Wildman–Crippen MR) is 624 cm³/mol. The smallest absolute Gasteiger partial charge is 0.160 e. The molecule has 0 bridgehead atoms. The van der Waals surface area contributed by atoms with E-state index >= 15 is 4.39 Å². The first-order chi connectivity index (χ1) is 72.0. The van der Waals surface area contributed by atoms with Crippen LogP contribution in [0.15, 0.2) is 484 Å². The lowest BCUT2D eigenvalue weighted by Crippen LogP contribution is -1.96. The van der Waals surface area contributed by atoms with E-state index < -0.39 is 0 Å². The molecule has 0 saturated heterocycles. The molecule has 8 aromatic heterocycles. The minimum absolute atomic E-state index is 0.223. The summed E-state index contributed by atoms with van der Waals surface area (Å²) in [7, 11) is 0. The molecular formula is C136H79FN4OS3. The van der Waals surface area contributed by atoms with E-state index in [1.165, 1.54) is 229 Å². The Morgan fingerprint density at radius 1 is 0.166 bits per heavy atom. The highest BCUT2D eigenvalue weighted by Crippen LogP contribution is 2.56. The van der Waals surface area contributed by atoms with Crippen LogP contribution in [0.1, 0.15) is 0 Å². The van der Waals surface area contributed by atoms with Crippen LogP contribution >= 0.6 is 34.0 Å². The maximum Gasteiger partial charge on any atom is 0.160 e. The summed E-state index contributed by atoms with van der Waals surface area (Å²) in [4.78, 5) is 0. The highest BCUT2D eigenvalue weighted by Gasteiger charge is 2.31. The van der Waals surface area contributed by atoms with E-state index in [-0.39, 0.29) is 5.82 Å². The fourth-order valence-electron chi connectivity index (χ4n) is 24.7. The number of hydrogen-bond donors (Lipinski definition) is 0. The van der Waals surface area contributed by atoms with E-state index in [1.807, 2.05) is 101 Å². The largest absolute Gasteiger partial charge is 0.454 e. The molecule has 0 radical (unpaired) electrons. The lowest BCUT2D eigenvalue weighted by Gasteiger charge is -2.14. The van der Waals surface area contributed by atoms with Crippen molar-refractivity contribution in [1.82, 2.24) is 18.3 Å². The zero-order valence-electron chi connectivity index (χ0n) is 77.9. The molecule has 145 heavy (non-hydrogen) atoms. The fourth-order valence-corrected chi connectivity index (χ4v) is 28.5. The Labute approximate surface area is 839 Å². The minimum atomic E-state index is -0.223. The van der Waals surface area contributed by atoms with E-state index in [9.17, 15) is 0 Å². The predicted octanol–water partition coefficient (Wildman–Crippen LogP) is 39.8. The quantitative estimate of drug-likeness (QED) is 0.173. The zero-order chi connectivity index (χ0) is 94.9. The molecule has 0 spiro atoms. The lowest BCUT2D eigenvalue weighted by molar-refractivity contribution is 0.642. The SMILES string of the molecule is Fc1cc2ccccc2c2c1c1c3ccccc3c3c4ccccc4oc3c1n2-c1ccccc1.c1ccc(-n2c3c4ccccc4ccc3c3c4ccccc4c4c5ccccc5sc4c32)cc1.c1ccc2c(-n3c4c5ccccc5ccc4c4c5ccccc5c5c6ccccc6sc5c43)cccc2c1.c1ccc2cc(-n3c4c5ccccc5ccc4c4c5ccccc5c5c6ccccc6sc5c43)ccc2c1. The van der Waals surface area contributed by atoms with Gasteiger partial charge in [-0.1, -0.05) is 406 Å². The van der Waals surface area contributed by atoms with Gasteiger partial charge < -0.3 is 22.7 Å². The molecule has 34 rings (SSSR count). The summed E-state index contributed by atoms with van der Waals surface area (Å²) in [6.07, 6.45) is 0. The summed E-state index contributed by atoms with van der Waals surface area (Å²) in [5.74, 6) is -0.223. The third kappa shape index (κ3) is 12.0. The molecule has 9 heteroatoms. The third-order valence-electron chi connectivity index (χ3n) is 30.6. The Morgan fingerprint density at radius 3 is 0.938 bits per heavy atom. The van der Waals surface area contributed by atoms with Crippen LogP contribution in [-0.4, -0.2) is 18.3 Å². The van der Waals surface area contributed by atoms with Crippen molar-refractivity contribution in [1.29, 1.82) is 0 Å². The number of furan rings is 1. The van der Waals surface area contributed by atoms with Gasteiger partial charge in [-0.2, -0.15) is 0 Å². The number of benzene rings is 26. The summed E-state index contributed by atoms with van der Waals surface area (Å²) in [5, 5.41) is 44.4. The van der Waals surface area contributed by atoms with Crippen molar-refractivity contribution < 1.29 is 8.81 Å². The molecular weight excluding hydrogens is 1820 g/mol. The Kier molecular flexibility index (Phi) is 18.0. The molecule has 0 aliphatic heterocycles. The van der Waals surface area contributed by atoms with Crippen LogP contribution in [0.3, 0.4) is 0 Å². The van der Waals surface area contributed by atoms with Gasteiger partial charge in [0, 0.05) is 144 Å². The molecule has 0 aliphatic rings. The number of nitrogens with zero attached hydrogens (tertiary/aromatic N) is 4. The van der Waals surface area contributed by atoms with Gasteiger partial charge in [-0.25, -0.2) is 4.39 Å². The fraction of sp³-hybridized carbons (Fsp3) is 0. The Morgan fingerprint density at radius 2 is 0.476 bits per heavy atom. The van der Waals surface area contributed by atoms with E-state index in [0.717, 1.165) is 65.6 Å². The Balaban J connectivity index is 0.0000000881. The standard InChI is InChI=1S/2C36H21NS.C32H18FNO.C32H19NS/c1-3-13-24-22(10-1)12-9-18-30(24)37-34-25-14-4-2-11-23(25)20-21-29(34)32-26-15-5-6-16-27(26)33-28-17-7-8-19-31(28)38-36(33)35(32)37;1-2-11-24-21-25(19-17-22(24)9-1)37-34-26-12-4-3-10-23(26)18-20-30(34)32-27-13-5-6-14-28(27)33-29-15-7-8-16-31(29)38-36(33)35(32)37;33-25-18-19-10-4-5-13-21(19)30-29(25)28-23-15-7-6-14-22(23)27-24-16-8-9-17-26(24)35-32(27)31(28)34(30)20-11-2-1-3-12-20;1-2-11-21(12-3-1)33-30-22-13-5-4-10-20(22)18-19-26(30)28-23-14-6-7-15-24(23)29-25-16-8-9-17-27(25)34-32(29)31(28)33/h2*1-21H;1-18H;1-19H. The molecule has 0 N–H and O–H groups in total. The van der Waals surface area contributed by atoms with Crippen molar-refractivity contribution >= 4 is 311 Å². The average Bonchev–Trinajstić information content (AvgIpc) is 1.51. The van der Waals surface area contributed by atoms with E-state index in [4.69, 9.17) is 4.42 Å². The van der Waals surface area contributed by atoms with Crippen LogP contribution in [0.25, 0.3) is 300 Å². The third-order valence-corrected chi connectivity index (χ3v) is 34.1. The second kappa shape index (κ2) is 32.0. The van der Waals surface area contributed by atoms with Crippen molar-refractivity contribution in [2.45, 2.75) is 0 Å². The minimum Gasteiger partial charge on any atom is -0.454 e. The summed E-state index contributed by atoms with van der Waals surface area (Å²) in [6, 6.07) is 172. The normalized spacial score (nSPS) is 12.2. The average molecular weight is 1900 g/mol. The van der Waals surface area contributed by atoms with Gasteiger partial charge in [-0.05, 0) is 154 Å².